The second-order valence-corrected chi connectivity index (χ2v) is 9.27. The topological polar surface area (TPSA) is 73.3 Å². The number of nitrogens with zero attached hydrogens (tertiary/aromatic N) is 2. The molecule has 1 unspecified atom stereocenters. The number of aromatic nitrogens is 2. The highest BCUT2D eigenvalue weighted by atomic mass is 35.5. The molecule has 1 heterocycles. The van der Waals surface area contributed by atoms with Crippen molar-refractivity contribution in [3.05, 3.63) is 87.5 Å². The van der Waals surface area contributed by atoms with Crippen molar-refractivity contribution in [3.63, 3.8) is 0 Å². The summed E-state index contributed by atoms with van der Waals surface area (Å²) in [4.78, 5) is 13.2. The Morgan fingerprint density at radius 2 is 2.06 bits per heavy atom. The number of rotatable bonds is 10. The van der Waals surface area contributed by atoms with Crippen LogP contribution < -0.4 is 14.8 Å². The van der Waals surface area contributed by atoms with E-state index in [1.807, 2.05) is 18.2 Å². The van der Waals surface area contributed by atoms with Crippen molar-refractivity contribution in [1.82, 2.24) is 15.5 Å². The van der Waals surface area contributed by atoms with E-state index in [0.29, 0.717) is 16.7 Å². The van der Waals surface area contributed by atoms with Gasteiger partial charge in [-0.15, -0.1) is 5.10 Å². The van der Waals surface area contributed by atoms with Crippen LogP contribution in [0.25, 0.3) is 0 Å². The minimum atomic E-state index is -1.56. The number of halogens is 3. The smallest absolute Gasteiger partial charge is 0.260 e. The van der Waals surface area contributed by atoms with Crippen molar-refractivity contribution in [2.75, 3.05) is 13.2 Å². The predicted octanol–water partition coefficient (Wildman–Crippen LogP) is 6.85. The molecule has 9 heteroatoms. The van der Waals surface area contributed by atoms with E-state index in [9.17, 15) is 9.18 Å². The van der Waals surface area contributed by atoms with Crippen molar-refractivity contribution < 1.29 is 18.7 Å². The number of hydrogen-bond donors (Lipinski definition) is 1. The summed E-state index contributed by atoms with van der Waals surface area (Å²) in [6, 6.07) is 12.2. The Labute approximate surface area is 213 Å². The first kappa shape index (κ1) is 24.9. The molecule has 0 radical (unpaired) electrons. The zero-order valence-corrected chi connectivity index (χ0v) is 20.6. The van der Waals surface area contributed by atoms with Crippen LogP contribution in [0, 0.1) is 0 Å². The standard InChI is InChI=1S/C26H24Cl2FN3O3/c1-15(2)14-34-26-24(25(33)30-12-22(29)20-9-8-18(27)11-21(20)28)23(13-31-32-26)35-19-5-3-4-17(10-19)16-6-7-16/h3-5,8-11,13,16,22H,1,6-7,12,14H2,2H3,(H,30,33). The maximum Gasteiger partial charge on any atom is 0.260 e. The van der Waals surface area contributed by atoms with E-state index in [0.717, 1.165) is 18.4 Å². The van der Waals surface area contributed by atoms with Crippen molar-refractivity contribution in [2.45, 2.75) is 31.9 Å². The lowest BCUT2D eigenvalue weighted by atomic mass is 10.1. The number of amides is 1. The Bertz CT molecular complexity index is 1250. The molecule has 0 spiro atoms. The number of carbonyl (C=O) groups excluding carboxylic acids is 1. The minimum absolute atomic E-state index is 0.00692. The monoisotopic (exact) mass is 515 g/mol. The van der Waals surface area contributed by atoms with E-state index in [-0.39, 0.29) is 40.9 Å². The molecule has 0 saturated heterocycles. The lowest BCUT2D eigenvalue weighted by molar-refractivity contribution is 0.0934. The van der Waals surface area contributed by atoms with Crippen LogP contribution in [0.4, 0.5) is 4.39 Å². The van der Waals surface area contributed by atoms with Gasteiger partial charge < -0.3 is 14.8 Å². The summed E-state index contributed by atoms with van der Waals surface area (Å²) in [5.41, 5.74) is 2.13. The van der Waals surface area contributed by atoms with Gasteiger partial charge in [0.15, 0.2) is 5.75 Å². The van der Waals surface area contributed by atoms with E-state index < -0.39 is 12.1 Å². The number of nitrogens with one attached hydrogen (secondary N) is 1. The number of carbonyl (C=O) groups is 1. The van der Waals surface area contributed by atoms with Crippen LogP contribution in [0.2, 0.25) is 10.0 Å². The van der Waals surface area contributed by atoms with Crippen molar-refractivity contribution in [2.24, 2.45) is 0 Å². The Kier molecular flexibility index (Phi) is 7.88. The number of ether oxygens (including phenoxy) is 2. The molecule has 35 heavy (non-hydrogen) atoms. The molecule has 6 nitrogen and oxygen atoms in total. The highest BCUT2D eigenvalue weighted by Crippen LogP contribution is 2.41. The predicted molar refractivity (Wildman–Crippen MR) is 133 cm³/mol. The molecule has 2 aromatic carbocycles. The van der Waals surface area contributed by atoms with Crippen LogP contribution in [-0.2, 0) is 0 Å². The van der Waals surface area contributed by atoms with Crippen LogP contribution >= 0.6 is 23.2 Å². The van der Waals surface area contributed by atoms with E-state index in [4.69, 9.17) is 32.7 Å². The molecule has 3 aromatic rings. The van der Waals surface area contributed by atoms with Crippen molar-refractivity contribution in [3.8, 4) is 17.4 Å². The summed E-state index contributed by atoms with van der Waals surface area (Å²) < 4.78 is 26.6. The minimum Gasteiger partial charge on any atom is -0.471 e. The zero-order chi connectivity index (χ0) is 24.9. The number of benzene rings is 2. The van der Waals surface area contributed by atoms with Crippen LogP contribution in [0.1, 0.15) is 53.3 Å². The highest BCUT2D eigenvalue weighted by Gasteiger charge is 2.26. The summed E-state index contributed by atoms with van der Waals surface area (Å²) >= 11 is 12.0. The van der Waals surface area contributed by atoms with Gasteiger partial charge in [0, 0.05) is 15.6 Å². The van der Waals surface area contributed by atoms with E-state index in [2.05, 4.69) is 22.1 Å². The molecular formula is C26H24Cl2FN3O3. The molecule has 1 aliphatic rings. The number of alkyl halides is 1. The van der Waals surface area contributed by atoms with Gasteiger partial charge in [0.1, 0.15) is 24.1 Å². The molecule has 4 rings (SSSR count). The van der Waals surface area contributed by atoms with Gasteiger partial charge in [-0.25, -0.2) is 4.39 Å². The van der Waals surface area contributed by atoms with Gasteiger partial charge in [0.25, 0.3) is 11.8 Å². The van der Waals surface area contributed by atoms with E-state index >= 15 is 0 Å². The van der Waals surface area contributed by atoms with Gasteiger partial charge in [-0.05, 0) is 61.1 Å². The van der Waals surface area contributed by atoms with Crippen molar-refractivity contribution in [1.29, 1.82) is 0 Å². The molecule has 1 atom stereocenters. The van der Waals surface area contributed by atoms with Crippen LogP contribution in [-0.4, -0.2) is 29.3 Å². The summed E-state index contributed by atoms with van der Waals surface area (Å²) in [6.07, 6.45) is 2.07. The summed E-state index contributed by atoms with van der Waals surface area (Å²) in [7, 11) is 0. The largest absolute Gasteiger partial charge is 0.471 e. The first-order chi connectivity index (χ1) is 16.8. The van der Waals surface area contributed by atoms with Gasteiger partial charge in [0.05, 0.1) is 12.7 Å². The lowest BCUT2D eigenvalue weighted by Gasteiger charge is -2.16. The van der Waals surface area contributed by atoms with Gasteiger partial charge in [-0.1, -0.05) is 48.0 Å². The Morgan fingerprint density at radius 3 is 2.77 bits per heavy atom. The first-order valence-corrected chi connectivity index (χ1v) is 11.8. The molecule has 1 amide bonds. The quantitative estimate of drug-likeness (QED) is 0.299. The third-order valence-corrected chi connectivity index (χ3v) is 5.91. The third kappa shape index (κ3) is 6.50. The molecule has 1 fully saturated rings. The SMILES string of the molecule is C=C(C)COc1nncc(Oc2cccc(C3CC3)c2)c1C(=O)NCC(F)c1ccc(Cl)cc1Cl. The van der Waals surface area contributed by atoms with Gasteiger partial charge in [0.2, 0.25) is 0 Å². The van der Waals surface area contributed by atoms with Crippen molar-refractivity contribution >= 4 is 29.1 Å². The second-order valence-electron chi connectivity index (χ2n) is 8.43. The molecule has 1 aromatic heterocycles. The second kappa shape index (κ2) is 11.1. The summed E-state index contributed by atoms with van der Waals surface area (Å²) in [5, 5.41) is 11.0. The normalized spacial score (nSPS) is 13.7. The van der Waals surface area contributed by atoms with Crippen LogP contribution in [0.5, 0.6) is 17.4 Å². The highest BCUT2D eigenvalue weighted by molar-refractivity contribution is 6.35. The Hall–Kier alpha value is -3.16. The molecule has 1 N–H and O–H groups in total. The van der Waals surface area contributed by atoms with Gasteiger partial charge in [-0.3, -0.25) is 4.79 Å². The van der Waals surface area contributed by atoms with Gasteiger partial charge >= 0.3 is 0 Å². The fourth-order valence-electron chi connectivity index (χ4n) is 3.44. The molecule has 1 aliphatic carbocycles. The van der Waals surface area contributed by atoms with Crippen LogP contribution in [0.15, 0.2) is 60.8 Å². The molecule has 182 valence electrons. The fraction of sp³-hybridized carbons (Fsp3) is 0.269. The molecule has 1 saturated carbocycles. The molecule has 0 aliphatic heterocycles. The maximum absolute atomic E-state index is 14.9. The number of hydrogen-bond acceptors (Lipinski definition) is 5. The maximum atomic E-state index is 14.9. The first-order valence-electron chi connectivity index (χ1n) is 11.1. The van der Waals surface area contributed by atoms with Gasteiger partial charge in [-0.2, -0.15) is 5.10 Å². The zero-order valence-electron chi connectivity index (χ0n) is 19.1. The Morgan fingerprint density at radius 1 is 1.26 bits per heavy atom. The third-order valence-electron chi connectivity index (χ3n) is 5.34. The Balaban J connectivity index is 1.57. The average Bonchev–Trinajstić information content (AvgIpc) is 3.67. The average molecular weight is 516 g/mol. The fourth-order valence-corrected chi connectivity index (χ4v) is 3.97. The van der Waals surface area contributed by atoms with Crippen LogP contribution in [0.3, 0.4) is 0 Å². The molecular weight excluding hydrogens is 492 g/mol. The van der Waals surface area contributed by atoms with E-state index in [1.165, 1.54) is 30.0 Å². The molecule has 0 bridgehead atoms. The van der Waals surface area contributed by atoms with E-state index in [1.54, 1.807) is 13.0 Å². The lowest BCUT2D eigenvalue weighted by Crippen LogP contribution is -2.28. The summed E-state index contributed by atoms with van der Waals surface area (Å²) in [6.45, 7) is 5.37. The summed E-state index contributed by atoms with van der Waals surface area (Å²) in [5.74, 6) is 0.562.